The van der Waals surface area contributed by atoms with Gasteiger partial charge in [-0.25, -0.2) is 0 Å². The van der Waals surface area contributed by atoms with Gasteiger partial charge in [-0.1, -0.05) is 41.4 Å². The lowest BCUT2D eigenvalue weighted by molar-refractivity contribution is -0.126. The molecule has 0 bridgehead atoms. The normalized spacial score (nSPS) is 15.7. The molecule has 1 heterocycles. The maximum atomic E-state index is 12.8. The van der Waals surface area contributed by atoms with E-state index in [1.807, 2.05) is 43.3 Å². The molecule has 0 spiro atoms. The number of benzene rings is 2. The number of nitrogens with one attached hydrogen (secondary N) is 1. The smallest absolute Gasteiger partial charge is 0.254 e. The molecule has 2 amide bonds. The molecule has 2 aromatic carbocycles. The van der Waals surface area contributed by atoms with Crippen molar-refractivity contribution in [1.29, 1.82) is 0 Å². The summed E-state index contributed by atoms with van der Waals surface area (Å²) in [6, 6.07) is 12.5. The average Bonchev–Trinajstić information content (AvgIpc) is 2.84. The van der Waals surface area contributed by atoms with Gasteiger partial charge in [0.25, 0.3) is 5.91 Å². The van der Waals surface area contributed by atoms with Crippen molar-refractivity contribution in [2.24, 2.45) is 0 Å². The number of aryl methyl sites for hydroxylation is 1. The van der Waals surface area contributed by atoms with Crippen molar-refractivity contribution >= 4 is 29.1 Å². The highest BCUT2D eigenvalue weighted by Gasteiger charge is 2.37. The number of rotatable bonds is 6. The van der Waals surface area contributed by atoms with Crippen LogP contribution in [-0.4, -0.2) is 25.0 Å². The minimum Gasteiger partial charge on any atom is -0.492 e. The van der Waals surface area contributed by atoms with E-state index in [0.717, 1.165) is 16.8 Å². The van der Waals surface area contributed by atoms with Crippen LogP contribution in [0.1, 0.15) is 30.5 Å². The molecule has 1 unspecified atom stereocenters. The molecular formula is C20H21ClN2O3. The van der Waals surface area contributed by atoms with Gasteiger partial charge < -0.3 is 15.0 Å². The molecule has 0 radical (unpaired) electrons. The van der Waals surface area contributed by atoms with Crippen molar-refractivity contribution in [1.82, 2.24) is 5.32 Å². The summed E-state index contributed by atoms with van der Waals surface area (Å²) in [5.41, 5.74) is 2.74. The van der Waals surface area contributed by atoms with E-state index in [9.17, 15) is 9.59 Å². The van der Waals surface area contributed by atoms with Crippen LogP contribution in [-0.2, 0) is 9.59 Å². The molecule has 1 atom stereocenters. The first-order chi connectivity index (χ1) is 12.5. The summed E-state index contributed by atoms with van der Waals surface area (Å²) in [7, 11) is 0. The number of ether oxygens (including phenoxy) is 1. The van der Waals surface area contributed by atoms with E-state index in [4.69, 9.17) is 16.3 Å². The SMILES string of the molecule is CC(=O)NC1C(=O)N(CCCOc2ccccc2Cl)c2ccc(C)cc21. The van der Waals surface area contributed by atoms with Crippen LogP contribution in [0.3, 0.4) is 0 Å². The minimum absolute atomic E-state index is 0.112. The lowest BCUT2D eigenvalue weighted by Crippen LogP contribution is -2.37. The number of para-hydroxylation sites is 1. The predicted octanol–water partition coefficient (Wildman–Crippen LogP) is 3.64. The molecule has 1 aliphatic heterocycles. The molecule has 0 saturated heterocycles. The summed E-state index contributed by atoms with van der Waals surface area (Å²) in [4.78, 5) is 26.0. The molecule has 0 aliphatic carbocycles. The Morgan fingerprint density at radius 1 is 1.27 bits per heavy atom. The first-order valence-electron chi connectivity index (χ1n) is 8.53. The first-order valence-corrected chi connectivity index (χ1v) is 8.91. The zero-order valence-corrected chi connectivity index (χ0v) is 15.5. The molecule has 26 heavy (non-hydrogen) atoms. The van der Waals surface area contributed by atoms with Crippen molar-refractivity contribution < 1.29 is 14.3 Å². The molecule has 0 aromatic heterocycles. The highest BCUT2D eigenvalue weighted by molar-refractivity contribution is 6.32. The maximum absolute atomic E-state index is 12.8. The number of halogens is 1. The average molecular weight is 373 g/mol. The summed E-state index contributed by atoms with van der Waals surface area (Å²) in [6.45, 7) is 4.34. The van der Waals surface area contributed by atoms with E-state index >= 15 is 0 Å². The fourth-order valence-corrected chi connectivity index (χ4v) is 3.29. The van der Waals surface area contributed by atoms with Gasteiger partial charge in [0.2, 0.25) is 5.91 Å². The van der Waals surface area contributed by atoms with Gasteiger partial charge in [0.1, 0.15) is 11.8 Å². The zero-order chi connectivity index (χ0) is 18.7. The second kappa shape index (κ2) is 7.79. The van der Waals surface area contributed by atoms with E-state index in [2.05, 4.69) is 5.32 Å². The van der Waals surface area contributed by atoms with Gasteiger partial charge in [0.15, 0.2) is 0 Å². The molecular weight excluding hydrogens is 352 g/mol. The molecule has 136 valence electrons. The summed E-state index contributed by atoms with van der Waals surface area (Å²) >= 11 is 6.07. The predicted molar refractivity (Wildman–Crippen MR) is 102 cm³/mol. The van der Waals surface area contributed by atoms with Crippen molar-refractivity contribution in [2.75, 3.05) is 18.1 Å². The number of nitrogens with zero attached hydrogens (tertiary/aromatic N) is 1. The largest absolute Gasteiger partial charge is 0.492 e. The third-order valence-electron chi connectivity index (χ3n) is 4.27. The highest BCUT2D eigenvalue weighted by atomic mass is 35.5. The second-order valence-electron chi connectivity index (χ2n) is 6.32. The van der Waals surface area contributed by atoms with Gasteiger partial charge in [0, 0.05) is 24.7 Å². The Morgan fingerprint density at radius 2 is 2.04 bits per heavy atom. The number of fused-ring (bicyclic) bond motifs is 1. The van der Waals surface area contributed by atoms with Crippen LogP contribution in [0.2, 0.25) is 5.02 Å². The first kappa shape index (κ1) is 18.3. The topological polar surface area (TPSA) is 58.6 Å². The molecule has 1 aliphatic rings. The van der Waals surface area contributed by atoms with Crippen LogP contribution >= 0.6 is 11.6 Å². The number of amides is 2. The second-order valence-corrected chi connectivity index (χ2v) is 6.73. The van der Waals surface area contributed by atoms with Gasteiger partial charge in [-0.2, -0.15) is 0 Å². The third-order valence-corrected chi connectivity index (χ3v) is 4.58. The molecule has 3 rings (SSSR count). The van der Waals surface area contributed by atoms with Gasteiger partial charge in [0.05, 0.1) is 11.6 Å². The molecule has 0 saturated carbocycles. The Balaban J connectivity index is 1.67. The Morgan fingerprint density at radius 3 is 2.77 bits per heavy atom. The van der Waals surface area contributed by atoms with Crippen molar-refractivity contribution in [3.8, 4) is 5.75 Å². The third kappa shape index (κ3) is 3.83. The number of carbonyl (C=O) groups excluding carboxylic acids is 2. The number of carbonyl (C=O) groups is 2. The Hall–Kier alpha value is -2.53. The summed E-state index contributed by atoms with van der Waals surface area (Å²) in [6.07, 6.45) is 0.650. The molecule has 2 aromatic rings. The quantitative estimate of drug-likeness (QED) is 0.787. The van der Waals surface area contributed by atoms with Crippen LogP contribution in [0.25, 0.3) is 0 Å². The summed E-state index contributed by atoms with van der Waals surface area (Å²) in [5.74, 6) is 0.298. The van der Waals surface area contributed by atoms with E-state index in [1.54, 1.807) is 11.0 Å². The van der Waals surface area contributed by atoms with E-state index in [-0.39, 0.29) is 11.8 Å². The summed E-state index contributed by atoms with van der Waals surface area (Å²) < 4.78 is 5.69. The van der Waals surface area contributed by atoms with E-state index in [1.165, 1.54) is 6.92 Å². The fraction of sp³-hybridized carbons (Fsp3) is 0.300. The van der Waals surface area contributed by atoms with Crippen LogP contribution < -0.4 is 15.0 Å². The van der Waals surface area contributed by atoms with Crippen molar-refractivity contribution in [2.45, 2.75) is 26.3 Å². The lowest BCUT2D eigenvalue weighted by Gasteiger charge is -2.18. The zero-order valence-electron chi connectivity index (χ0n) is 14.8. The van der Waals surface area contributed by atoms with E-state index in [0.29, 0.717) is 30.3 Å². The Bertz CT molecular complexity index is 838. The van der Waals surface area contributed by atoms with Crippen molar-refractivity contribution in [3.63, 3.8) is 0 Å². The van der Waals surface area contributed by atoms with Crippen molar-refractivity contribution in [3.05, 3.63) is 58.6 Å². The Labute approximate surface area is 157 Å². The molecule has 0 fully saturated rings. The highest BCUT2D eigenvalue weighted by Crippen LogP contribution is 2.36. The minimum atomic E-state index is -0.619. The Kier molecular flexibility index (Phi) is 5.47. The maximum Gasteiger partial charge on any atom is 0.254 e. The van der Waals surface area contributed by atoms with Gasteiger partial charge in [-0.15, -0.1) is 0 Å². The number of hydrogen-bond acceptors (Lipinski definition) is 3. The summed E-state index contributed by atoms with van der Waals surface area (Å²) in [5, 5.41) is 3.32. The van der Waals surface area contributed by atoms with Crippen LogP contribution in [0, 0.1) is 6.92 Å². The van der Waals surface area contributed by atoms with Crippen LogP contribution in [0.4, 0.5) is 5.69 Å². The van der Waals surface area contributed by atoms with Gasteiger partial charge in [-0.05, 0) is 31.5 Å². The number of hydrogen-bond donors (Lipinski definition) is 1. The number of anilines is 1. The standard InChI is InChI=1S/C20H21ClN2O3/c1-13-8-9-17-15(12-13)19(22-14(2)24)20(25)23(17)10-5-11-26-18-7-4-3-6-16(18)21/h3-4,6-9,12,19H,5,10-11H2,1-2H3,(H,22,24). The van der Waals surface area contributed by atoms with E-state index < -0.39 is 6.04 Å². The van der Waals surface area contributed by atoms with Gasteiger partial charge >= 0.3 is 0 Å². The van der Waals surface area contributed by atoms with Crippen LogP contribution in [0.15, 0.2) is 42.5 Å². The fourth-order valence-electron chi connectivity index (χ4n) is 3.10. The lowest BCUT2D eigenvalue weighted by atomic mass is 10.1. The monoisotopic (exact) mass is 372 g/mol. The molecule has 6 heteroatoms. The molecule has 1 N–H and O–H groups in total. The molecule has 5 nitrogen and oxygen atoms in total. The van der Waals surface area contributed by atoms with Gasteiger partial charge in [-0.3, -0.25) is 9.59 Å². The van der Waals surface area contributed by atoms with Crippen LogP contribution in [0.5, 0.6) is 5.75 Å².